The summed E-state index contributed by atoms with van der Waals surface area (Å²) in [5.74, 6) is -1.90. The molecular weight excluding hydrogens is 445 g/mol. The monoisotopic (exact) mass is 468 g/mol. The van der Waals surface area contributed by atoms with Gasteiger partial charge in [0.1, 0.15) is 16.8 Å². The number of hydrogen-bond acceptors (Lipinski definition) is 7. The standard InChI is InChI=1S/C20H23F3N6O4/c1-10-14(16-25-17(27-33-16)20(21,22)23)15-24-13(30)9-12(29(15)26-10)11-5-7-28(8-6-11)18(31)32-19(2,3)4/h9,11H,5-8H2,1-4H3,(H,24,30). The predicted octanol–water partition coefficient (Wildman–Crippen LogP) is 3.51. The summed E-state index contributed by atoms with van der Waals surface area (Å²) in [6.45, 7) is 7.82. The highest BCUT2D eigenvalue weighted by molar-refractivity contribution is 5.74. The Morgan fingerprint density at radius 2 is 1.91 bits per heavy atom. The van der Waals surface area contributed by atoms with Gasteiger partial charge in [-0.05, 0) is 40.5 Å². The molecule has 10 nitrogen and oxygen atoms in total. The van der Waals surface area contributed by atoms with Crippen molar-refractivity contribution in [2.75, 3.05) is 13.1 Å². The van der Waals surface area contributed by atoms with Crippen LogP contribution >= 0.6 is 0 Å². The van der Waals surface area contributed by atoms with Crippen LogP contribution < -0.4 is 5.56 Å². The van der Waals surface area contributed by atoms with E-state index in [1.807, 2.05) is 0 Å². The molecule has 3 aromatic rings. The van der Waals surface area contributed by atoms with Crippen molar-refractivity contribution in [1.82, 2.24) is 29.6 Å². The average molecular weight is 468 g/mol. The molecule has 33 heavy (non-hydrogen) atoms. The molecule has 0 aliphatic carbocycles. The molecule has 13 heteroatoms. The largest absolute Gasteiger partial charge is 0.455 e. The topological polar surface area (TPSA) is 119 Å². The molecule has 0 atom stereocenters. The van der Waals surface area contributed by atoms with Crippen LogP contribution in [-0.4, -0.2) is 54.4 Å². The van der Waals surface area contributed by atoms with Crippen LogP contribution in [0.1, 0.15) is 56.7 Å². The van der Waals surface area contributed by atoms with Crippen molar-refractivity contribution in [3.05, 3.63) is 33.6 Å². The fourth-order valence-electron chi connectivity index (χ4n) is 3.85. The number of H-pyrrole nitrogens is 1. The second kappa shape index (κ2) is 7.89. The maximum Gasteiger partial charge on any atom is 0.455 e. The highest BCUT2D eigenvalue weighted by Gasteiger charge is 2.38. The molecule has 3 aromatic heterocycles. The maximum absolute atomic E-state index is 12.9. The molecule has 0 unspecified atom stereocenters. The van der Waals surface area contributed by atoms with Crippen molar-refractivity contribution < 1.29 is 27.2 Å². The second-order valence-electron chi connectivity index (χ2n) is 8.94. The van der Waals surface area contributed by atoms with Crippen LogP contribution in [0.3, 0.4) is 0 Å². The Morgan fingerprint density at radius 1 is 1.24 bits per heavy atom. The average Bonchev–Trinajstić information content (AvgIpc) is 3.30. The number of nitrogens with one attached hydrogen (secondary N) is 1. The zero-order valence-corrected chi connectivity index (χ0v) is 18.5. The summed E-state index contributed by atoms with van der Waals surface area (Å²) < 4.78 is 50.4. The molecule has 0 radical (unpaired) electrons. The molecule has 1 N–H and O–H groups in total. The minimum Gasteiger partial charge on any atom is -0.444 e. The van der Waals surface area contributed by atoms with E-state index >= 15 is 0 Å². The van der Waals surface area contributed by atoms with Crippen molar-refractivity contribution in [3.63, 3.8) is 0 Å². The normalized spacial score (nSPS) is 15.9. The number of carbonyl (C=O) groups is 1. The Kier molecular flexibility index (Phi) is 5.45. The first-order valence-electron chi connectivity index (χ1n) is 10.4. The number of ether oxygens (including phenoxy) is 1. The number of alkyl halides is 3. The number of rotatable bonds is 2. The van der Waals surface area contributed by atoms with Crippen molar-refractivity contribution in [2.45, 2.75) is 58.2 Å². The number of likely N-dealkylation sites (tertiary alicyclic amines) is 1. The van der Waals surface area contributed by atoms with Crippen LogP contribution in [0.15, 0.2) is 15.4 Å². The minimum atomic E-state index is -4.76. The molecule has 4 rings (SSSR count). The predicted molar refractivity (Wildman–Crippen MR) is 109 cm³/mol. The Balaban J connectivity index is 1.64. The fraction of sp³-hybridized carbons (Fsp3) is 0.550. The van der Waals surface area contributed by atoms with E-state index in [1.165, 1.54) is 10.6 Å². The third-order valence-electron chi connectivity index (χ3n) is 5.28. The maximum atomic E-state index is 12.9. The molecule has 1 aliphatic rings. The van der Waals surface area contributed by atoms with E-state index in [2.05, 4.69) is 20.2 Å². The van der Waals surface area contributed by atoms with Gasteiger partial charge in [-0.2, -0.15) is 23.3 Å². The molecule has 0 spiro atoms. The van der Waals surface area contributed by atoms with Gasteiger partial charge in [0.2, 0.25) is 0 Å². The van der Waals surface area contributed by atoms with E-state index in [0.717, 1.165) is 0 Å². The lowest BCUT2D eigenvalue weighted by Gasteiger charge is -2.33. The minimum absolute atomic E-state index is 0.103. The van der Waals surface area contributed by atoms with Crippen LogP contribution in [0.4, 0.5) is 18.0 Å². The zero-order chi connectivity index (χ0) is 24.1. The van der Waals surface area contributed by atoms with Gasteiger partial charge in [0.05, 0.1) is 11.4 Å². The van der Waals surface area contributed by atoms with Gasteiger partial charge in [-0.25, -0.2) is 9.31 Å². The Bertz CT molecular complexity index is 1250. The summed E-state index contributed by atoms with van der Waals surface area (Å²) in [5, 5.41) is 7.40. The Labute approximate surface area is 185 Å². The fourth-order valence-corrected chi connectivity index (χ4v) is 3.85. The van der Waals surface area contributed by atoms with Gasteiger partial charge in [0.15, 0.2) is 0 Å². The highest BCUT2D eigenvalue weighted by Crippen LogP contribution is 2.33. The van der Waals surface area contributed by atoms with Gasteiger partial charge in [-0.1, -0.05) is 5.16 Å². The lowest BCUT2D eigenvalue weighted by atomic mass is 9.93. The number of amides is 1. The van der Waals surface area contributed by atoms with E-state index in [-0.39, 0.29) is 23.0 Å². The summed E-state index contributed by atoms with van der Waals surface area (Å²) in [4.78, 5) is 32.4. The van der Waals surface area contributed by atoms with Crippen molar-refractivity contribution in [3.8, 4) is 11.5 Å². The van der Waals surface area contributed by atoms with Crippen molar-refractivity contribution in [1.29, 1.82) is 0 Å². The van der Waals surface area contributed by atoms with Gasteiger partial charge < -0.3 is 19.1 Å². The lowest BCUT2D eigenvalue weighted by molar-refractivity contribution is -0.146. The van der Waals surface area contributed by atoms with Crippen molar-refractivity contribution >= 4 is 11.7 Å². The molecule has 1 aliphatic heterocycles. The van der Waals surface area contributed by atoms with E-state index in [0.29, 0.717) is 37.3 Å². The van der Waals surface area contributed by atoms with Gasteiger partial charge in [-0.3, -0.25) is 4.79 Å². The quantitative estimate of drug-likeness (QED) is 0.611. The molecule has 1 saturated heterocycles. The summed E-state index contributed by atoms with van der Waals surface area (Å²) in [6, 6.07) is 1.41. The first kappa shape index (κ1) is 22.8. The van der Waals surface area contributed by atoms with Gasteiger partial charge in [0, 0.05) is 25.1 Å². The van der Waals surface area contributed by atoms with Gasteiger partial charge >= 0.3 is 12.3 Å². The number of piperidine rings is 1. The molecule has 1 amide bonds. The third kappa shape index (κ3) is 4.57. The van der Waals surface area contributed by atoms with E-state index in [9.17, 15) is 22.8 Å². The van der Waals surface area contributed by atoms with Crippen LogP contribution in [0.2, 0.25) is 0 Å². The summed E-state index contributed by atoms with van der Waals surface area (Å²) in [6.07, 6.45) is -4.04. The van der Waals surface area contributed by atoms with Crippen LogP contribution in [0.25, 0.3) is 17.1 Å². The number of aromatic nitrogens is 5. The molecule has 1 fully saturated rings. The van der Waals surface area contributed by atoms with Crippen LogP contribution in [0, 0.1) is 6.92 Å². The summed E-state index contributed by atoms with van der Waals surface area (Å²) in [5.41, 5.74) is 0.161. The SMILES string of the molecule is Cc1nn2c(C3CCN(C(=O)OC(C)(C)C)CC3)cc(=O)[nH]c2c1-c1nc(C(F)(F)F)no1. The number of aryl methyl sites for hydroxylation is 1. The smallest absolute Gasteiger partial charge is 0.444 e. The van der Waals surface area contributed by atoms with Crippen LogP contribution in [-0.2, 0) is 10.9 Å². The number of hydrogen-bond donors (Lipinski definition) is 1. The Morgan fingerprint density at radius 3 is 2.48 bits per heavy atom. The summed E-state index contributed by atoms with van der Waals surface area (Å²) >= 11 is 0. The highest BCUT2D eigenvalue weighted by atomic mass is 19.4. The first-order chi connectivity index (χ1) is 15.3. The zero-order valence-electron chi connectivity index (χ0n) is 18.5. The number of carbonyl (C=O) groups excluding carboxylic acids is 1. The number of fused-ring (bicyclic) bond motifs is 1. The van der Waals surface area contributed by atoms with E-state index < -0.39 is 29.3 Å². The Hall–Kier alpha value is -3.38. The molecule has 4 heterocycles. The van der Waals surface area contributed by atoms with Gasteiger partial charge in [-0.15, -0.1) is 0 Å². The molecule has 0 saturated carbocycles. The molecule has 0 aromatic carbocycles. The molecule has 178 valence electrons. The first-order valence-corrected chi connectivity index (χ1v) is 10.4. The van der Waals surface area contributed by atoms with Gasteiger partial charge in [0.25, 0.3) is 17.3 Å². The third-order valence-corrected chi connectivity index (χ3v) is 5.28. The molecule has 0 bridgehead atoms. The summed E-state index contributed by atoms with van der Waals surface area (Å²) in [7, 11) is 0. The van der Waals surface area contributed by atoms with E-state index in [4.69, 9.17) is 9.26 Å². The van der Waals surface area contributed by atoms with Crippen LogP contribution in [0.5, 0.6) is 0 Å². The second-order valence-corrected chi connectivity index (χ2v) is 8.94. The van der Waals surface area contributed by atoms with E-state index in [1.54, 1.807) is 32.6 Å². The lowest BCUT2D eigenvalue weighted by Crippen LogP contribution is -2.41. The molecular formula is C20H23F3N6O4. The number of aromatic amines is 1. The van der Waals surface area contributed by atoms with Crippen molar-refractivity contribution in [2.24, 2.45) is 0 Å². The number of nitrogens with zero attached hydrogens (tertiary/aromatic N) is 5. The number of halogens is 3.